The molecule has 1 atom stereocenters. The zero-order valence-electron chi connectivity index (χ0n) is 20.1. The van der Waals surface area contributed by atoms with Gasteiger partial charge >= 0.3 is 0 Å². The van der Waals surface area contributed by atoms with Gasteiger partial charge in [0.1, 0.15) is 0 Å². The molecule has 0 radical (unpaired) electrons. The highest BCUT2D eigenvalue weighted by Crippen LogP contribution is 2.30. The molecular weight excluding hydrogens is 488 g/mol. The molecule has 1 unspecified atom stereocenters. The zero-order valence-corrected chi connectivity index (χ0v) is 21.7. The summed E-state index contributed by atoms with van der Waals surface area (Å²) < 4.78 is 38.6. The number of amides is 1. The molecule has 0 saturated heterocycles. The Bertz CT molecular complexity index is 1260. The highest BCUT2D eigenvalue weighted by Gasteiger charge is 2.27. The summed E-state index contributed by atoms with van der Waals surface area (Å²) in [5.74, 6) is 0.683. The molecule has 0 heterocycles. The largest absolute Gasteiger partial charge is 0.493 e. The molecule has 0 aliphatic heterocycles. The van der Waals surface area contributed by atoms with Gasteiger partial charge in [-0.15, -0.1) is 0 Å². The summed E-state index contributed by atoms with van der Waals surface area (Å²) in [6.07, 6.45) is 0. The first-order valence-electron chi connectivity index (χ1n) is 11.0. The van der Waals surface area contributed by atoms with Crippen molar-refractivity contribution >= 4 is 27.5 Å². The second kappa shape index (κ2) is 11.6. The molecule has 9 heteroatoms. The first kappa shape index (κ1) is 26.5. The van der Waals surface area contributed by atoms with E-state index < -0.39 is 15.9 Å². The summed E-state index contributed by atoms with van der Waals surface area (Å²) in [5.41, 5.74) is 2.62. The van der Waals surface area contributed by atoms with Gasteiger partial charge in [-0.05, 0) is 61.4 Å². The molecule has 0 aliphatic rings. The minimum atomic E-state index is -3.96. The molecule has 0 aliphatic carbocycles. The normalized spacial score (nSPS) is 12.3. The molecule has 186 valence electrons. The average molecular weight is 517 g/mol. The fourth-order valence-electron chi connectivity index (χ4n) is 3.53. The molecule has 3 aromatic carbocycles. The van der Waals surface area contributed by atoms with Gasteiger partial charge in [-0.3, -0.25) is 4.79 Å². The second-order valence-corrected chi connectivity index (χ2v) is 10.5. The Hall–Kier alpha value is -3.07. The number of hydrogen-bond acceptors (Lipinski definition) is 5. The van der Waals surface area contributed by atoms with Crippen molar-refractivity contribution < 1.29 is 22.7 Å². The Morgan fingerprint density at radius 2 is 1.60 bits per heavy atom. The van der Waals surface area contributed by atoms with Crippen molar-refractivity contribution in [2.45, 2.75) is 31.3 Å². The maximum Gasteiger partial charge on any atom is 0.243 e. The third-order valence-corrected chi connectivity index (χ3v) is 7.59. The van der Waals surface area contributed by atoms with Crippen molar-refractivity contribution in [2.75, 3.05) is 20.8 Å². The number of sulfonamides is 1. The minimum Gasteiger partial charge on any atom is -0.493 e. The molecular formula is C26H29ClN2O5S. The fraction of sp³-hybridized carbons (Fsp3) is 0.269. The third-order valence-electron chi connectivity index (χ3n) is 5.54. The van der Waals surface area contributed by atoms with E-state index in [4.69, 9.17) is 21.1 Å². The number of rotatable bonds is 10. The van der Waals surface area contributed by atoms with E-state index in [2.05, 4.69) is 5.32 Å². The summed E-state index contributed by atoms with van der Waals surface area (Å²) in [7, 11) is -0.879. The number of nitrogens with one attached hydrogen (secondary N) is 1. The third kappa shape index (κ3) is 6.75. The van der Waals surface area contributed by atoms with Gasteiger partial charge < -0.3 is 14.8 Å². The maximum atomic E-state index is 13.4. The number of ether oxygens (including phenoxy) is 2. The molecule has 0 aromatic heterocycles. The van der Waals surface area contributed by atoms with E-state index in [9.17, 15) is 13.2 Å². The summed E-state index contributed by atoms with van der Waals surface area (Å²) in [6.45, 7) is 3.46. The minimum absolute atomic E-state index is 0.0450. The van der Waals surface area contributed by atoms with Gasteiger partial charge in [0.2, 0.25) is 15.9 Å². The van der Waals surface area contributed by atoms with E-state index in [1.165, 1.54) is 31.4 Å². The predicted octanol–water partition coefficient (Wildman–Crippen LogP) is 4.73. The maximum absolute atomic E-state index is 13.4. The van der Waals surface area contributed by atoms with Crippen LogP contribution < -0.4 is 14.8 Å². The monoisotopic (exact) mass is 516 g/mol. The Balaban J connectivity index is 1.83. The van der Waals surface area contributed by atoms with E-state index in [0.717, 1.165) is 21.0 Å². The van der Waals surface area contributed by atoms with E-state index in [-0.39, 0.29) is 24.0 Å². The molecule has 3 rings (SSSR count). The second-order valence-electron chi connectivity index (χ2n) is 8.12. The summed E-state index contributed by atoms with van der Waals surface area (Å²) in [6, 6.07) is 18.4. The molecule has 35 heavy (non-hydrogen) atoms. The zero-order chi connectivity index (χ0) is 25.6. The van der Waals surface area contributed by atoms with Gasteiger partial charge in [-0.25, -0.2) is 8.42 Å². The lowest BCUT2D eigenvalue weighted by Gasteiger charge is -2.23. The van der Waals surface area contributed by atoms with Crippen molar-refractivity contribution in [1.82, 2.24) is 9.62 Å². The lowest BCUT2D eigenvalue weighted by Crippen LogP contribution is -2.41. The SMILES string of the molecule is COc1ccc(C(C)NC(=O)CN(Cc2ccc(C)cc2)S(=O)(=O)c2ccc(Cl)cc2)cc1OC. The van der Waals surface area contributed by atoms with Crippen LogP contribution in [0.5, 0.6) is 11.5 Å². The van der Waals surface area contributed by atoms with E-state index in [0.29, 0.717) is 16.5 Å². The van der Waals surface area contributed by atoms with Crippen LogP contribution in [0.15, 0.2) is 71.6 Å². The molecule has 0 spiro atoms. The number of methoxy groups -OCH3 is 2. The molecule has 1 N–H and O–H groups in total. The number of carbonyl (C=O) groups excluding carboxylic acids is 1. The van der Waals surface area contributed by atoms with Crippen LogP contribution in [0.2, 0.25) is 5.02 Å². The van der Waals surface area contributed by atoms with Gasteiger partial charge in [0, 0.05) is 11.6 Å². The van der Waals surface area contributed by atoms with Crippen LogP contribution in [0.25, 0.3) is 0 Å². The number of hydrogen-bond donors (Lipinski definition) is 1. The number of benzene rings is 3. The molecule has 0 bridgehead atoms. The van der Waals surface area contributed by atoms with E-state index in [1.807, 2.05) is 44.2 Å². The van der Waals surface area contributed by atoms with Crippen LogP contribution in [0.1, 0.15) is 29.7 Å². The Morgan fingerprint density at radius 3 is 2.20 bits per heavy atom. The van der Waals surface area contributed by atoms with Crippen LogP contribution in [-0.4, -0.2) is 39.4 Å². The predicted molar refractivity (Wildman–Crippen MR) is 136 cm³/mol. The number of aryl methyl sites for hydroxylation is 1. The van der Waals surface area contributed by atoms with Gasteiger partial charge in [-0.1, -0.05) is 47.5 Å². The van der Waals surface area contributed by atoms with Gasteiger partial charge in [0.15, 0.2) is 11.5 Å². The van der Waals surface area contributed by atoms with Crippen LogP contribution in [-0.2, 0) is 21.4 Å². The highest BCUT2D eigenvalue weighted by atomic mass is 35.5. The van der Waals surface area contributed by atoms with Crippen LogP contribution >= 0.6 is 11.6 Å². The number of nitrogens with zero attached hydrogens (tertiary/aromatic N) is 1. The Labute approximate surface area is 211 Å². The van der Waals surface area contributed by atoms with Gasteiger partial charge in [0.05, 0.1) is 31.7 Å². The Kier molecular flexibility index (Phi) is 8.77. The molecule has 0 fully saturated rings. The number of carbonyl (C=O) groups is 1. The summed E-state index contributed by atoms with van der Waals surface area (Å²) >= 11 is 5.94. The molecule has 7 nitrogen and oxygen atoms in total. The topological polar surface area (TPSA) is 84.9 Å². The van der Waals surface area contributed by atoms with Crippen LogP contribution in [0.3, 0.4) is 0 Å². The van der Waals surface area contributed by atoms with Crippen LogP contribution in [0, 0.1) is 6.92 Å². The molecule has 1 amide bonds. The van der Waals surface area contributed by atoms with E-state index in [1.54, 1.807) is 19.2 Å². The summed E-state index contributed by atoms with van der Waals surface area (Å²) in [4.78, 5) is 13.1. The lowest BCUT2D eigenvalue weighted by molar-refractivity contribution is -0.122. The van der Waals surface area contributed by atoms with E-state index >= 15 is 0 Å². The molecule has 3 aromatic rings. The van der Waals surface area contributed by atoms with Gasteiger partial charge in [-0.2, -0.15) is 4.31 Å². The summed E-state index contributed by atoms with van der Waals surface area (Å²) in [5, 5.41) is 3.31. The molecule has 0 saturated carbocycles. The fourth-order valence-corrected chi connectivity index (χ4v) is 5.04. The first-order chi connectivity index (χ1) is 16.6. The van der Waals surface area contributed by atoms with Crippen molar-refractivity contribution in [3.05, 3.63) is 88.4 Å². The lowest BCUT2D eigenvalue weighted by atomic mass is 10.1. The highest BCUT2D eigenvalue weighted by molar-refractivity contribution is 7.89. The Morgan fingerprint density at radius 1 is 0.971 bits per heavy atom. The van der Waals surface area contributed by atoms with Crippen molar-refractivity contribution in [1.29, 1.82) is 0 Å². The number of halogens is 1. The first-order valence-corrected chi connectivity index (χ1v) is 12.8. The van der Waals surface area contributed by atoms with Crippen molar-refractivity contribution in [3.8, 4) is 11.5 Å². The smallest absolute Gasteiger partial charge is 0.243 e. The van der Waals surface area contributed by atoms with Crippen LogP contribution in [0.4, 0.5) is 0 Å². The quantitative estimate of drug-likeness (QED) is 0.421. The van der Waals surface area contributed by atoms with Crippen molar-refractivity contribution in [3.63, 3.8) is 0 Å². The van der Waals surface area contributed by atoms with Crippen molar-refractivity contribution in [2.24, 2.45) is 0 Å². The average Bonchev–Trinajstić information content (AvgIpc) is 2.84. The van der Waals surface area contributed by atoms with Gasteiger partial charge in [0.25, 0.3) is 0 Å². The standard InChI is InChI=1S/C26H29ClN2O5S/c1-18-5-7-20(8-6-18)16-29(35(31,32)23-12-10-22(27)11-13-23)17-26(30)28-19(2)21-9-14-24(33-3)25(15-21)34-4/h5-15,19H,16-17H2,1-4H3,(H,28,30).